The van der Waals surface area contributed by atoms with E-state index in [1.807, 2.05) is 0 Å². The van der Waals surface area contributed by atoms with Crippen LogP contribution in [0.25, 0.3) is 11.5 Å². The van der Waals surface area contributed by atoms with Crippen molar-refractivity contribution in [3.05, 3.63) is 39.7 Å². The molecule has 1 aliphatic carbocycles. The monoisotopic (exact) mass is 324 g/mol. The predicted molar refractivity (Wildman–Crippen MR) is 82.7 cm³/mol. The Morgan fingerprint density at radius 1 is 1.36 bits per heavy atom. The average molecular weight is 325 g/mol. The first-order chi connectivity index (χ1) is 9.99. The number of halogens is 1. The lowest BCUT2D eigenvalue weighted by Gasteiger charge is -2.17. The van der Waals surface area contributed by atoms with Crippen molar-refractivity contribution in [3.8, 4) is 11.5 Å². The van der Waals surface area contributed by atoms with Gasteiger partial charge in [0.1, 0.15) is 0 Å². The fraction of sp³-hybridized carbons (Fsp3) is 0.429. The number of aryl methyl sites for hydroxylation is 1. The van der Waals surface area contributed by atoms with E-state index in [0.717, 1.165) is 25.7 Å². The van der Waals surface area contributed by atoms with Gasteiger partial charge in [0.15, 0.2) is 5.82 Å². The maximum Gasteiger partial charge on any atom is 0.273 e. The molecule has 2 N–H and O–H groups in total. The van der Waals surface area contributed by atoms with Gasteiger partial charge in [0.2, 0.25) is 0 Å². The number of nitrogens with zero attached hydrogens (tertiary/aromatic N) is 3. The Kier molecular flexibility index (Phi) is 4.48. The van der Waals surface area contributed by atoms with Crippen LogP contribution in [0.15, 0.2) is 22.7 Å². The molecular formula is C14H17ClN4O3. The maximum atomic E-state index is 11.0. The van der Waals surface area contributed by atoms with Crippen LogP contribution < -0.4 is 5.73 Å². The summed E-state index contributed by atoms with van der Waals surface area (Å²) in [4.78, 5) is 14.9. The van der Waals surface area contributed by atoms with Crippen LogP contribution in [-0.4, -0.2) is 15.1 Å². The molecule has 0 unspecified atom stereocenters. The smallest absolute Gasteiger partial charge is 0.273 e. The maximum absolute atomic E-state index is 11.0. The predicted octanol–water partition coefficient (Wildman–Crippen LogP) is 3.10. The van der Waals surface area contributed by atoms with Gasteiger partial charge in [-0.25, -0.2) is 0 Å². The second kappa shape index (κ2) is 6.02. The summed E-state index contributed by atoms with van der Waals surface area (Å²) < 4.78 is 5.24. The molecule has 1 heterocycles. The fourth-order valence-electron chi connectivity index (χ4n) is 2.71. The number of nitro benzene ring substituents is 1. The van der Waals surface area contributed by atoms with E-state index in [2.05, 4.69) is 10.1 Å². The number of nitro groups is 1. The van der Waals surface area contributed by atoms with Crippen molar-refractivity contribution in [1.82, 2.24) is 10.1 Å². The molecule has 0 aliphatic heterocycles. The Balaban J connectivity index is 0.00000176. The number of hydrogen-bond donors (Lipinski definition) is 1. The highest BCUT2D eigenvalue weighted by atomic mass is 35.5. The van der Waals surface area contributed by atoms with Crippen LogP contribution in [0.4, 0.5) is 5.69 Å². The molecule has 22 heavy (non-hydrogen) atoms. The molecular weight excluding hydrogens is 308 g/mol. The second-order valence-corrected chi connectivity index (χ2v) is 5.54. The summed E-state index contributed by atoms with van der Waals surface area (Å²) in [6.45, 7) is 1.69. The number of nitrogens with two attached hydrogens (primary N) is 1. The minimum Gasteiger partial charge on any atom is -0.334 e. The molecule has 8 heteroatoms. The van der Waals surface area contributed by atoms with E-state index in [1.54, 1.807) is 19.1 Å². The summed E-state index contributed by atoms with van der Waals surface area (Å²) in [5.41, 5.74) is 6.92. The van der Waals surface area contributed by atoms with E-state index in [9.17, 15) is 10.1 Å². The minimum absolute atomic E-state index is 0. The highest BCUT2D eigenvalue weighted by Crippen LogP contribution is 2.35. The third-order valence-corrected chi connectivity index (χ3v) is 4.02. The van der Waals surface area contributed by atoms with E-state index in [4.69, 9.17) is 10.3 Å². The van der Waals surface area contributed by atoms with Gasteiger partial charge in [-0.3, -0.25) is 10.1 Å². The molecule has 0 bridgehead atoms. The van der Waals surface area contributed by atoms with Gasteiger partial charge in [-0.1, -0.05) is 24.1 Å². The van der Waals surface area contributed by atoms with Crippen LogP contribution >= 0.6 is 12.4 Å². The molecule has 0 saturated heterocycles. The molecule has 0 atom stereocenters. The Morgan fingerprint density at radius 3 is 2.68 bits per heavy atom. The van der Waals surface area contributed by atoms with Gasteiger partial charge in [0.25, 0.3) is 11.6 Å². The van der Waals surface area contributed by atoms with Crippen LogP contribution in [0.5, 0.6) is 0 Å². The van der Waals surface area contributed by atoms with Gasteiger partial charge in [-0.2, -0.15) is 4.98 Å². The lowest BCUT2D eigenvalue weighted by atomic mass is 9.98. The quantitative estimate of drug-likeness (QED) is 0.686. The van der Waals surface area contributed by atoms with Crippen LogP contribution in [0.1, 0.15) is 37.1 Å². The number of benzene rings is 1. The summed E-state index contributed by atoms with van der Waals surface area (Å²) in [5, 5.41) is 15.0. The normalized spacial score (nSPS) is 16.3. The molecule has 7 nitrogen and oxygen atoms in total. The van der Waals surface area contributed by atoms with Crippen LogP contribution in [-0.2, 0) is 5.54 Å². The molecule has 3 rings (SSSR count). The first-order valence-electron chi connectivity index (χ1n) is 6.88. The van der Waals surface area contributed by atoms with Gasteiger partial charge in [0, 0.05) is 17.2 Å². The molecule has 1 aliphatic rings. The first kappa shape index (κ1) is 16.4. The summed E-state index contributed by atoms with van der Waals surface area (Å²) in [5.74, 6) is 0.753. The van der Waals surface area contributed by atoms with Crippen LogP contribution in [0.3, 0.4) is 0 Å². The Morgan fingerprint density at radius 2 is 2.05 bits per heavy atom. The van der Waals surface area contributed by atoms with E-state index in [0.29, 0.717) is 17.0 Å². The van der Waals surface area contributed by atoms with Crippen molar-refractivity contribution in [2.75, 3.05) is 0 Å². The molecule has 1 saturated carbocycles. The molecule has 1 fully saturated rings. The largest absolute Gasteiger partial charge is 0.334 e. The number of aromatic nitrogens is 2. The Labute approximate surface area is 133 Å². The summed E-state index contributed by atoms with van der Waals surface area (Å²) in [6.07, 6.45) is 3.77. The van der Waals surface area contributed by atoms with Crippen molar-refractivity contribution >= 4 is 18.1 Å². The number of rotatable bonds is 3. The Bertz CT molecular complexity index is 695. The summed E-state index contributed by atoms with van der Waals surface area (Å²) >= 11 is 0. The zero-order valence-corrected chi connectivity index (χ0v) is 12.9. The van der Waals surface area contributed by atoms with Crippen LogP contribution in [0.2, 0.25) is 0 Å². The van der Waals surface area contributed by atoms with E-state index < -0.39 is 10.5 Å². The molecule has 118 valence electrons. The first-order valence-corrected chi connectivity index (χ1v) is 6.88. The third-order valence-electron chi connectivity index (χ3n) is 4.02. The fourth-order valence-corrected chi connectivity index (χ4v) is 2.71. The zero-order valence-electron chi connectivity index (χ0n) is 12.1. The Hall–Kier alpha value is -1.99. The van der Waals surface area contributed by atoms with Gasteiger partial charge >= 0.3 is 0 Å². The van der Waals surface area contributed by atoms with Gasteiger partial charge in [-0.05, 0) is 25.8 Å². The van der Waals surface area contributed by atoms with E-state index >= 15 is 0 Å². The lowest BCUT2D eigenvalue weighted by Crippen LogP contribution is -2.34. The van der Waals surface area contributed by atoms with Crippen LogP contribution in [0, 0.1) is 17.0 Å². The van der Waals surface area contributed by atoms with E-state index in [1.165, 1.54) is 6.07 Å². The standard InChI is InChI=1S/C14H16N4O3.ClH/c1-9-4-5-10(8-11(9)18(19)20)12-16-13(17-21-12)14(15)6-2-3-7-14;/h4-5,8H,2-3,6-7,15H2,1H3;1H. The van der Waals surface area contributed by atoms with Crippen molar-refractivity contribution < 1.29 is 9.45 Å². The molecule has 0 radical (unpaired) electrons. The number of hydrogen-bond acceptors (Lipinski definition) is 6. The lowest BCUT2D eigenvalue weighted by molar-refractivity contribution is -0.385. The van der Waals surface area contributed by atoms with Crippen molar-refractivity contribution in [2.45, 2.75) is 38.1 Å². The molecule has 2 aromatic rings. The topological polar surface area (TPSA) is 108 Å². The molecule has 1 aromatic carbocycles. The minimum atomic E-state index is -0.529. The van der Waals surface area contributed by atoms with Crippen molar-refractivity contribution in [2.24, 2.45) is 5.73 Å². The third kappa shape index (κ3) is 2.82. The highest BCUT2D eigenvalue weighted by Gasteiger charge is 2.36. The summed E-state index contributed by atoms with van der Waals surface area (Å²) in [6, 6.07) is 4.85. The van der Waals surface area contributed by atoms with Crippen molar-refractivity contribution in [3.63, 3.8) is 0 Å². The molecule has 0 spiro atoms. The van der Waals surface area contributed by atoms with Gasteiger partial charge in [0.05, 0.1) is 10.5 Å². The SMILES string of the molecule is Cc1ccc(-c2nc(C3(N)CCCC3)no2)cc1[N+](=O)[O-].Cl. The summed E-state index contributed by atoms with van der Waals surface area (Å²) in [7, 11) is 0. The zero-order chi connectivity index (χ0) is 15.0. The average Bonchev–Trinajstić information content (AvgIpc) is 3.08. The molecule has 1 aromatic heterocycles. The van der Waals surface area contributed by atoms with Gasteiger partial charge in [-0.15, -0.1) is 12.4 Å². The van der Waals surface area contributed by atoms with E-state index in [-0.39, 0.29) is 24.0 Å². The highest BCUT2D eigenvalue weighted by molar-refractivity contribution is 5.85. The molecule has 0 amide bonds. The van der Waals surface area contributed by atoms with Crippen molar-refractivity contribution in [1.29, 1.82) is 0 Å². The second-order valence-electron chi connectivity index (χ2n) is 5.54. The van der Waals surface area contributed by atoms with Gasteiger partial charge < -0.3 is 10.3 Å².